The molecule has 0 saturated heterocycles. The molecule has 84 valence electrons. The van der Waals surface area contributed by atoms with Crippen LogP contribution in [0.5, 0.6) is 0 Å². The number of carbonyl (C=O) groups is 1. The highest BCUT2D eigenvalue weighted by Crippen LogP contribution is 2.52. The Morgan fingerprint density at radius 3 is 1.56 bits per heavy atom. The van der Waals surface area contributed by atoms with Gasteiger partial charge in [-0.2, -0.15) is 0 Å². The van der Waals surface area contributed by atoms with Crippen molar-refractivity contribution >= 4 is 5.78 Å². The van der Waals surface area contributed by atoms with Crippen molar-refractivity contribution in [1.29, 1.82) is 0 Å². The van der Waals surface area contributed by atoms with E-state index in [2.05, 4.69) is 11.8 Å². The van der Waals surface area contributed by atoms with Crippen LogP contribution in [-0.2, 0) is 4.79 Å². The summed E-state index contributed by atoms with van der Waals surface area (Å²) in [5.74, 6) is 5.38. The van der Waals surface area contributed by atoms with Crippen molar-refractivity contribution in [1.82, 2.24) is 0 Å². The third-order valence-corrected chi connectivity index (χ3v) is 4.13. The van der Waals surface area contributed by atoms with Gasteiger partial charge < -0.3 is 0 Å². The summed E-state index contributed by atoms with van der Waals surface area (Å²) < 4.78 is 0. The summed E-state index contributed by atoms with van der Waals surface area (Å²) >= 11 is 0. The van der Waals surface area contributed by atoms with E-state index >= 15 is 0 Å². The quantitative estimate of drug-likeness (QED) is 0.510. The van der Waals surface area contributed by atoms with Gasteiger partial charge in [-0.15, -0.1) is 24.7 Å². The summed E-state index contributed by atoms with van der Waals surface area (Å²) in [5.41, 5.74) is 1.14. The molecular formula is C15H18O. The van der Waals surface area contributed by atoms with Crippen LogP contribution in [0.1, 0.15) is 40.5 Å². The molecule has 1 aliphatic rings. The van der Waals surface area contributed by atoms with Gasteiger partial charge in [-0.1, -0.05) is 11.1 Å². The Morgan fingerprint density at radius 1 is 1.00 bits per heavy atom. The number of terminal acetylenes is 2. The molecule has 1 nitrogen and oxygen atoms in total. The summed E-state index contributed by atoms with van der Waals surface area (Å²) in [4.78, 5) is 12.5. The molecule has 0 aliphatic heterocycles. The second kappa shape index (κ2) is 3.84. The molecule has 1 rings (SSSR count). The maximum absolute atomic E-state index is 12.5. The van der Waals surface area contributed by atoms with Gasteiger partial charge in [-0.25, -0.2) is 0 Å². The molecule has 0 heterocycles. The first-order valence-electron chi connectivity index (χ1n) is 5.45. The zero-order valence-corrected chi connectivity index (χ0v) is 10.5. The number of hydrogen-bond donors (Lipinski definition) is 0. The predicted molar refractivity (Wildman–Crippen MR) is 66.5 cm³/mol. The van der Waals surface area contributed by atoms with Crippen LogP contribution in [0.15, 0.2) is 11.1 Å². The van der Waals surface area contributed by atoms with Crippen molar-refractivity contribution in [2.45, 2.75) is 40.5 Å². The van der Waals surface area contributed by atoms with Crippen LogP contribution < -0.4 is 0 Å². The zero-order valence-electron chi connectivity index (χ0n) is 10.5. The molecule has 16 heavy (non-hydrogen) atoms. The average Bonchev–Trinajstić information content (AvgIpc) is 2.35. The second-order valence-corrected chi connectivity index (χ2v) is 5.01. The van der Waals surface area contributed by atoms with E-state index in [1.807, 2.05) is 27.7 Å². The lowest BCUT2D eigenvalue weighted by atomic mass is 9.73. The van der Waals surface area contributed by atoms with Crippen LogP contribution >= 0.6 is 0 Å². The zero-order chi connectivity index (χ0) is 12.6. The van der Waals surface area contributed by atoms with Crippen molar-refractivity contribution in [3.05, 3.63) is 11.1 Å². The molecule has 0 amide bonds. The highest BCUT2D eigenvalue weighted by atomic mass is 16.1. The van der Waals surface area contributed by atoms with E-state index in [-0.39, 0.29) is 5.78 Å². The number of rotatable bonds is 2. The minimum Gasteiger partial charge on any atom is -0.298 e. The highest BCUT2D eigenvalue weighted by Gasteiger charge is 2.52. The molecule has 0 aromatic rings. The van der Waals surface area contributed by atoms with Gasteiger partial charge >= 0.3 is 0 Å². The molecule has 0 radical (unpaired) electrons. The fourth-order valence-electron chi connectivity index (χ4n) is 2.61. The lowest BCUT2D eigenvalue weighted by molar-refractivity contribution is -0.131. The van der Waals surface area contributed by atoms with Gasteiger partial charge in [0.15, 0.2) is 5.78 Å². The van der Waals surface area contributed by atoms with Crippen LogP contribution in [0, 0.1) is 35.5 Å². The summed E-state index contributed by atoms with van der Waals surface area (Å²) in [5, 5.41) is 0. The average molecular weight is 214 g/mol. The molecular weight excluding hydrogens is 196 g/mol. The van der Waals surface area contributed by atoms with Crippen LogP contribution in [-0.4, -0.2) is 5.78 Å². The van der Waals surface area contributed by atoms with Crippen molar-refractivity contribution in [2.24, 2.45) is 10.8 Å². The van der Waals surface area contributed by atoms with Gasteiger partial charge in [0, 0.05) is 12.8 Å². The third kappa shape index (κ3) is 1.40. The minimum absolute atomic E-state index is 0.172. The van der Waals surface area contributed by atoms with Crippen LogP contribution in [0.25, 0.3) is 0 Å². The van der Waals surface area contributed by atoms with Gasteiger partial charge in [-0.05, 0) is 27.7 Å². The summed E-state index contributed by atoms with van der Waals surface area (Å²) in [7, 11) is 0. The van der Waals surface area contributed by atoms with Crippen molar-refractivity contribution in [3.8, 4) is 24.7 Å². The van der Waals surface area contributed by atoms with E-state index in [0.717, 1.165) is 11.1 Å². The van der Waals surface area contributed by atoms with E-state index in [1.165, 1.54) is 0 Å². The van der Waals surface area contributed by atoms with Crippen LogP contribution in [0.4, 0.5) is 0 Å². The van der Waals surface area contributed by atoms with E-state index in [4.69, 9.17) is 12.8 Å². The van der Waals surface area contributed by atoms with E-state index < -0.39 is 10.8 Å². The number of hydrogen-bond acceptors (Lipinski definition) is 1. The van der Waals surface area contributed by atoms with Gasteiger partial charge in [0.25, 0.3) is 0 Å². The lowest BCUT2D eigenvalue weighted by Gasteiger charge is -2.27. The van der Waals surface area contributed by atoms with E-state index in [9.17, 15) is 4.79 Å². The Labute approximate surface area is 98.3 Å². The fraction of sp³-hybridized carbons (Fsp3) is 0.533. The van der Waals surface area contributed by atoms with Crippen molar-refractivity contribution in [3.63, 3.8) is 0 Å². The van der Waals surface area contributed by atoms with E-state index in [1.54, 1.807) is 0 Å². The minimum atomic E-state index is -0.523. The fourth-order valence-corrected chi connectivity index (χ4v) is 2.61. The molecule has 0 fully saturated rings. The topological polar surface area (TPSA) is 17.1 Å². The van der Waals surface area contributed by atoms with E-state index in [0.29, 0.717) is 12.8 Å². The molecule has 2 atom stereocenters. The summed E-state index contributed by atoms with van der Waals surface area (Å²) in [6, 6.07) is 0. The molecule has 0 spiro atoms. The van der Waals surface area contributed by atoms with Gasteiger partial charge in [0.1, 0.15) is 0 Å². The second-order valence-electron chi connectivity index (χ2n) is 5.01. The molecule has 0 N–H and O–H groups in total. The highest BCUT2D eigenvalue weighted by molar-refractivity contribution is 5.99. The normalized spacial score (nSPS) is 33.8. The van der Waals surface area contributed by atoms with Gasteiger partial charge in [0.05, 0.1) is 10.8 Å². The molecule has 0 bridgehead atoms. The summed E-state index contributed by atoms with van der Waals surface area (Å²) in [6.45, 7) is 7.84. The third-order valence-electron chi connectivity index (χ3n) is 4.13. The molecule has 0 unspecified atom stereocenters. The number of ketones is 1. The van der Waals surface area contributed by atoms with Crippen molar-refractivity contribution < 1.29 is 4.79 Å². The Bertz CT molecular complexity index is 401. The molecule has 0 aromatic heterocycles. The molecule has 0 saturated carbocycles. The number of carbonyl (C=O) groups excluding carboxylic acids is 1. The molecule has 1 heteroatoms. The van der Waals surface area contributed by atoms with Crippen LogP contribution in [0.3, 0.4) is 0 Å². The first-order chi connectivity index (χ1) is 7.34. The monoisotopic (exact) mass is 214 g/mol. The Balaban J connectivity index is 3.33. The largest absolute Gasteiger partial charge is 0.298 e. The van der Waals surface area contributed by atoms with Crippen LogP contribution in [0.2, 0.25) is 0 Å². The first-order valence-corrected chi connectivity index (χ1v) is 5.45. The smallest absolute Gasteiger partial charge is 0.154 e. The Kier molecular flexibility index (Phi) is 3.02. The number of Topliss-reactive ketones (excluding diaryl/α,β-unsaturated/α-hetero) is 1. The molecule has 0 aromatic carbocycles. The lowest BCUT2D eigenvalue weighted by Crippen LogP contribution is -2.34. The summed E-state index contributed by atoms with van der Waals surface area (Å²) in [6.07, 6.45) is 11.6. The maximum atomic E-state index is 12.5. The first kappa shape index (κ1) is 12.6. The maximum Gasteiger partial charge on any atom is 0.154 e. The van der Waals surface area contributed by atoms with Gasteiger partial charge in [0.2, 0.25) is 0 Å². The van der Waals surface area contributed by atoms with Crippen molar-refractivity contribution in [2.75, 3.05) is 0 Å². The Hall–Kier alpha value is -1.47. The predicted octanol–water partition coefficient (Wildman–Crippen LogP) is 2.96. The SMILES string of the molecule is C#CC[C@@]1(C)C(=O)[C@](C)(CC#C)C(C)=C1C. The van der Waals surface area contributed by atoms with Gasteiger partial charge in [-0.3, -0.25) is 4.79 Å². The standard InChI is InChI=1S/C15H18O/c1-7-9-14(5)11(3)12(4)15(6,10-8-2)13(14)16/h1-2H,9-10H2,3-6H3/t14-,15-/m1/s1. The number of allylic oxidation sites excluding steroid dienone is 2. The molecule has 1 aliphatic carbocycles. The Morgan fingerprint density at radius 2 is 1.31 bits per heavy atom.